The lowest BCUT2D eigenvalue weighted by atomic mass is 9.59. The van der Waals surface area contributed by atoms with Crippen molar-refractivity contribution in [3.8, 4) is 0 Å². The summed E-state index contributed by atoms with van der Waals surface area (Å²) >= 11 is 0. The molecule has 1 N–H and O–H groups in total. The summed E-state index contributed by atoms with van der Waals surface area (Å²) in [7, 11) is 0. The first-order valence-electron chi connectivity index (χ1n) is 9.15. The molecule has 0 aliphatic heterocycles. The summed E-state index contributed by atoms with van der Waals surface area (Å²) in [6.45, 7) is 2.38. The molecule has 0 heterocycles. The molecule has 2 aliphatic carbocycles. The van der Waals surface area contributed by atoms with Gasteiger partial charge in [-0.1, -0.05) is 61.7 Å². The summed E-state index contributed by atoms with van der Waals surface area (Å²) < 4.78 is 0. The van der Waals surface area contributed by atoms with E-state index in [1.807, 2.05) is 0 Å². The van der Waals surface area contributed by atoms with E-state index in [0.717, 1.165) is 0 Å². The Balaban J connectivity index is 1.74. The van der Waals surface area contributed by atoms with Gasteiger partial charge >= 0.3 is 0 Å². The lowest BCUT2D eigenvalue weighted by Crippen LogP contribution is -2.44. The zero-order valence-corrected chi connectivity index (χ0v) is 14.1. The van der Waals surface area contributed by atoms with E-state index in [-0.39, 0.29) is 5.54 Å². The van der Waals surface area contributed by atoms with Crippen LogP contribution in [0.4, 0.5) is 5.69 Å². The Labute approximate surface area is 140 Å². The van der Waals surface area contributed by atoms with Gasteiger partial charge in [-0.25, -0.2) is 0 Å². The number of benzene rings is 2. The molecule has 0 bridgehead atoms. The van der Waals surface area contributed by atoms with E-state index >= 15 is 0 Å². The molecule has 0 saturated heterocycles. The van der Waals surface area contributed by atoms with Gasteiger partial charge in [-0.15, -0.1) is 0 Å². The molecule has 1 unspecified atom stereocenters. The van der Waals surface area contributed by atoms with Crippen molar-refractivity contribution in [1.82, 2.24) is 0 Å². The molecule has 23 heavy (non-hydrogen) atoms. The fourth-order valence-electron chi connectivity index (χ4n) is 4.90. The Morgan fingerprint density at radius 1 is 0.696 bits per heavy atom. The molecule has 2 aromatic rings. The van der Waals surface area contributed by atoms with Crippen LogP contribution in [-0.4, -0.2) is 0 Å². The van der Waals surface area contributed by atoms with E-state index in [4.69, 9.17) is 0 Å². The first-order valence-corrected chi connectivity index (χ1v) is 9.15. The third-order valence-electron chi connectivity index (χ3n) is 6.20. The topological polar surface area (TPSA) is 12.0 Å². The summed E-state index contributed by atoms with van der Waals surface area (Å²) in [6.07, 6.45) is 9.52. The average molecular weight is 305 g/mol. The maximum absolute atomic E-state index is 3.84. The summed E-state index contributed by atoms with van der Waals surface area (Å²) in [5.41, 5.74) is 4.87. The summed E-state index contributed by atoms with van der Waals surface area (Å²) in [5, 5.41) is 3.84. The number of rotatable bonds is 2. The van der Waals surface area contributed by atoms with Crippen LogP contribution in [0.15, 0.2) is 54.6 Å². The number of para-hydroxylation sites is 1. The molecule has 4 rings (SSSR count). The Kier molecular flexibility index (Phi) is 3.67. The molecular weight excluding hydrogens is 278 g/mol. The monoisotopic (exact) mass is 305 g/mol. The van der Waals surface area contributed by atoms with Crippen molar-refractivity contribution in [2.24, 2.45) is 0 Å². The second-order valence-electron chi connectivity index (χ2n) is 7.71. The fourth-order valence-corrected chi connectivity index (χ4v) is 4.90. The molecule has 1 atom stereocenters. The highest BCUT2D eigenvalue weighted by Crippen LogP contribution is 2.52. The minimum absolute atomic E-state index is 0.0423. The molecule has 1 saturated carbocycles. The minimum Gasteiger partial charge on any atom is -0.376 e. The SMILES string of the molecule is CC1(Nc2ccccc2)CCC2(CCCCC2)c2ccccc21. The molecule has 0 radical (unpaired) electrons. The smallest absolute Gasteiger partial charge is 0.0600 e. The lowest BCUT2D eigenvalue weighted by molar-refractivity contribution is 0.225. The number of nitrogens with one attached hydrogen (secondary N) is 1. The third-order valence-corrected chi connectivity index (χ3v) is 6.20. The molecule has 0 amide bonds. The van der Waals surface area contributed by atoms with Gasteiger partial charge in [0.15, 0.2) is 0 Å². The van der Waals surface area contributed by atoms with Crippen LogP contribution < -0.4 is 5.32 Å². The van der Waals surface area contributed by atoms with E-state index in [9.17, 15) is 0 Å². The van der Waals surface area contributed by atoms with Crippen LogP contribution in [0.25, 0.3) is 0 Å². The van der Waals surface area contributed by atoms with Crippen molar-refractivity contribution in [3.05, 3.63) is 65.7 Å². The predicted molar refractivity (Wildman–Crippen MR) is 97.9 cm³/mol. The quantitative estimate of drug-likeness (QED) is 0.716. The molecule has 120 valence electrons. The van der Waals surface area contributed by atoms with Crippen LogP contribution in [0.2, 0.25) is 0 Å². The van der Waals surface area contributed by atoms with Gasteiger partial charge in [0.25, 0.3) is 0 Å². The average Bonchev–Trinajstić information content (AvgIpc) is 2.61. The number of hydrogen-bond donors (Lipinski definition) is 1. The molecule has 1 nitrogen and oxygen atoms in total. The summed E-state index contributed by atoms with van der Waals surface area (Å²) in [6, 6.07) is 19.9. The van der Waals surface area contributed by atoms with Crippen molar-refractivity contribution in [1.29, 1.82) is 0 Å². The van der Waals surface area contributed by atoms with Crippen LogP contribution in [0, 0.1) is 0 Å². The highest BCUT2D eigenvalue weighted by Gasteiger charge is 2.44. The molecule has 1 heteroatoms. The molecule has 0 aromatic heterocycles. The molecule has 2 aliphatic rings. The van der Waals surface area contributed by atoms with Gasteiger partial charge in [0.1, 0.15) is 0 Å². The second-order valence-corrected chi connectivity index (χ2v) is 7.71. The van der Waals surface area contributed by atoms with Crippen LogP contribution in [0.5, 0.6) is 0 Å². The standard InChI is InChI=1S/C22H27N/c1-21(23-18-10-4-2-5-11-18)16-17-22(14-8-3-9-15-22)20-13-7-6-12-19(20)21/h2,4-7,10-13,23H,3,8-9,14-17H2,1H3. The second kappa shape index (κ2) is 5.70. The molecule has 1 fully saturated rings. The highest BCUT2D eigenvalue weighted by molar-refractivity contribution is 5.51. The van der Waals surface area contributed by atoms with Crippen molar-refractivity contribution < 1.29 is 0 Å². The van der Waals surface area contributed by atoms with Crippen LogP contribution in [-0.2, 0) is 11.0 Å². The first-order chi connectivity index (χ1) is 11.2. The maximum Gasteiger partial charge on any atom is 0.0600 e. The van der Waals surface area contributed by atoms with Crippen LogP contribution in [0.3, 0.4) is 0 Å². The Morgan fingerprint density at radius 3 is 2.09 bits per heavy atom. The van der Waals surface area contributed by atoms with Crippen molar-refractivity contribution in [2.75, 3.05) is 5.32 Å². The van der Waals surface area contributed by atoms with Gasteiger partial charge in [-0.05, 0) is 61.3 Å². The van der Waals surface area contributed by atoms with Gasteiger partial charge in [0.05, 0.1) is 5.54 Å². The largest absolute Gasteiger partial charge is 0.376 e. The van der Waals surface area contributed by atoms with Gasteiger partial charge in [0, 0.05) is 5.69 Å². The normalized spacial score (nSPS) is 25.8. The van der Waals surface area contributed by atoms with E-state index in [1.54, 1.807) is 5.56 Å². The number of hydrogen-bond acceptors (Lipinski definition) is 1. The lowest BCUT2D eigenvalue weighted by Gasteiger charge is -2.49. The van der Waals surface area contributed by atoms with Crippen LogP contribution in [0.1, 0.15) is 63.0 Å². The van der Waals surface area contributed by atoms with Crippen molar-refractivity contribution in [3.63, 3.8) is 0 Å². The fraction of sp³-hybridized carbons (Fsp3) is 0.455. The van der Waals surface area contributed by atoms with E-state index in [0.29, 0.717) is 5.41 Å². The molecule has 2 aromatic carbocycles. The van der Waals surface area contributed by atoms with Gasteiger partial charge in [-0.3, -0.25) is 0 Å². The van der Waals surface area contributed by atoms with E-state index < -0.39 is 0 Å². The van der Waals surface area contributed by atoms with E-state index in [1.165, 1.54) is 56.2 Å². The zero-order valence-electron chi connectivity index (χ0n) is 14.1. The van der Waals surface area contributed by atoms with Gasteiger partial charge in [0.2, 0.25) is 0 Å². The van der Waals surface area contributed by atoms with E-state index in [2.05, 4.69) is 66.8 Å². The Bertz CT molecular complexity index is 669. The maximum atomic E-state index is 3.84. The third kappa shape index (κ3) is 2.56. The Morgan fingerprint density at radius 2 is 1.35 bits per heavy atom. The summed E-state index contributed by atoms with van der Waals surface area (Å²) in [4.78, 5) is 0. The van der Waals surface area contributed by atoms with Crippen LogP contribution >= 0.6 is 0 Å². The van der Waals surface area contributed by atoms with Gasteiger partial charge < -0.3 is 5.32 Å². The number of anilines is 1. The minimum atomic E-state index is 0.0423. The zero-order chi connectivity index (χ0) is 15.8. The predicted octanol–water partition coefficient (Wildman–Crippen LogP) is 6.01. The number of fused-ring (bicyclic) bond motifs is 2. The Hall–Kier alpha value is -1.76. The first kappa shape index (κ1) is 14.8. The molecule has 1 spiro atoms. The van der Waals surface area contributed by atoms with Crippen molar-refractivity contribution in [2.45, 2.75) is 62.8 Å². The van der Waals surface area contributed by atoms with Gasteiger partial charge in [-0.2, -0.15) is 0 Å². The highest BCUT2D eigenvalue weighted by atomic mass is 15.0. The molecular formula is C22H27N. The summed E-state index contributed by atoms with van der Waals surface area (Å²) in [5.74, 6) is 0. The van der Waals surface area contributed by atoms with Crippen molar-refractivity contribution >= 4 is 5.69 Å².